The molecule has 7 nitrogen and oxygen atoms in total. The summed E-state index contributed by atoms with van der Waals surface area (Å²) in [5.41, 5.74) is 1.38. The van der Waals surface area contributed by atoms with Crippen molar-refractivity contribution in [2.45, 2.75) is 6.92 Å². The quantitative estimate of drug-likeness (QED) is 0.836. The molecule has 1 aromatic heterocycles. The molecule has 0 amide bonds. The number of nitrogens with zero attached hydrogens (tertiary/aromatic N) is 1. The van der Waals surface area contributed by atoms with Crippen LogP contribution in [0, 0.1) is 6.92 Å². The van der Waals surface area contributed by atoms with Crippen LogP contribution in [0.15, 0.2) is 36.4 Å². The Morgan fingerprint density at radius 2 is 1.67 bits per heavy atom. The smallest absolute Gasteiger partial charge is 0.449 e. The van der Waals surface area contributed by atoms with Crippen LogP contribution in [0.4, 0.5) is 9.59 Å². The lowest BCUT2D eigenvalue weighted by molar-refractivity contribution is 0.132. The predicted octanol–water partition coefficient (Wildman–Crippen LogP) is 3.17. The molecule has 0 atom stereocenters. The van der Waals surface area contributed by atoms with Gasteiger partial charge in [0.15, 0.2) is 11.5 Å². The van der Waals surface area contributed by atoms with Gasteiger partial charge in [-0.05, 0) is 6.92 Å². The summed E-state index contributed by atoms with van der Waals surface area (Å²) in [5.74, 6) is -0.471. The maximum Gasteiger partial charge on any atom is 0.511 e. The minimum absolute atomic E-state index is 0.204. The van der Waals surface area contributed by atoms with Crippen LogP contribution < -0.4 is 9.47 Å². The Bertz CT molecular complexity index is 683. The maximum absolute atomic E-state index is 10.7. The second kappa shape index (κ2) is 5.91. The molecule has 0 bridgehead atoms. The molecule has 0 aliphatic rings. The van der Waals surface area contributed by atoms with Gasteiger partial charge in [0, 0.05) is 11.6 Å². The van der Waals surface area contributed by atoms with Gasteiger partial charge < -0.3 is 19.7 Å². The molecule has 2 N–H and O–H groups in total. The Balaban J connectivity index is 2.54. The van der Waals surface area contributed by atoms with E-state index in [4.69, 9.17) is 10.2 Å². The van der Waals surface area contributed by atoms with Crippen LogP contribution in [0.5, 0.6) is 11.5 Å². The third-order valence-electron chi connectivity index (χ3n) is 2.56. The standard InChI is InChI=1S/C14H11NO6/c1-8-12(21-14(18)19)11(20-13(16)17)7-10(15-8)9-5-3-2-4-6-9/h2-7H,1H3,(H,16,17)(H,18,19). The number of aromatic nitrogens is 1. The minimum Gasteiger partial charge on any atom is -0.449 e. The highest BCUT2D eigenvalue weighted by molar-refractivity contribution is 5.71. The van der Waals surface area contributed by atoms with Gasteiger partial charge in [-0.2, -0.15) is 0 Å². The van der Waals surface area contributed by atoms with Gasteiger partial charge in [0.1, 0.15) is 0 Å². The Morgan fingerprint density at radius 3 is 2.24 bits per heavy atom. The molecule has 1 aromatic carbocycles. The molecule has 0 fully saturated rings. The first-order valence-corrected chi connectivity index (χ1v) is 5.86. The van der Waals surface area contributed by atoms with E-state index in [1.165, 1.54) is 13.0 Å². The van der Waals surface area contributed by atoms with Gasteiger partial charge in [0.2, 0.25) is 0 Å². The number of rotatable bonds is 3. The summed E-state index contributed by atoms with van der Waals surface area (Å²) in [4.78, 5) is 25.6. The fourth-order valence-corrected chi connectivity index (χ4v) is 1.77. The van der Waals surface area contributed by atoms with E-state index in [0.29, 0.717) is 5.69 Å². The van der Waals surface area contributed by atoms with Crippen molar-refractivity contribution < 1.29 is 29.3 Å². The van der Waals surface area contributed by atoms with E-state index in [1.807, 2.05) is 6.07 Å². The van der Waals surface area contributed by atoms with E-state index in [-0.39, 0.29) is 17.2 Å². The van der Waals surface area contributed by atoms with Crippen molar-refractivity contribution in [1.29, 1.82) is 0 Å². The van der Waals surface area contributed by atoms with Gasteiger partial charge in [-0.15, -0.1) is 0 Å². The van der Waals surface area contributed by atoms with Gasteiger partial charge in [0.05, 0.1) is 11.4 Å². The number of benzene rings is 1. The minimum atomic E-state index is -1.58. The Morgan fingerprint density at radius 1 is 1.05 bits per heavy atom. The fourth-order valence-electron chi connectivity index (χ4n) is 1.77. The first-order chi connectivity index (χ1) is 9.97. The normalized spacial score (nSPS) is 9.95. The lowest BCUT2D eigenvalue weighted by Crippen LogP contribution is -2.10. The van der Waals surface area contributed by atoms with Crippen LogP contribution in [0.2, 0.25) is 0 Å². The average molecular weight is 289 g/mol. The highest BCUT2D eigenvalue weighted by Crippen LogP contribution is 2.34. The van der Waals surface area contributed by atoms with Crippen molar-refractivity contribution in [3.05, 3.63) is 42.1 Å². The molecule has 108 valence electrons. The first-order valence-electron chi connectivity index (χ1n) is 5.86. The molecule has 7 heteroatoms. The number of ether oxygens (including phenoxy) is 2. The van der Waals surface area contributed by atoms with Crippen LogP contribution in [-0.4, -0.2) is 27.5 Å². The molecule has 2 rings (SSSR count). The van der Waals surface area contributed by atoms with Crippen molar-refractivity contribution in [1.82, 2.24) is 4.98 Å². The number of hydrogen-bond donors (Lipinski definition) is 2. The number of carboxylic acid groups (broad SMARTS) is 2. The van der Waals surface area contributed by atoms with Crippen LogP contribution in [0.3, 0.4) is 0 Å². The molecule has 0 saturated heterocycles. The highest BCUT2D eigenvalue weighted by Gasteiger charge is 2.18. The Hall–Kier alpha value is -3.09. The molecular weight excluding hydrogens is 278 g/mol. The lowest BCUT2D eigenvalue weighted by Gasteiger charge is -2.11. The molecule has 0 aliphatic carbocycles. The van der Waals surface area contributed by atoms with Crippen molar-refractivity contribution in [3.63, 3.8) is 0 Å². The number of aryl methyl sites for hydroxylation is 1. The Kier molecular flexibility index (Phi) is 4.03. The number of hydrogen-bond acceptors (Lipinski definition) is 5. The summed E-state index contributed by atoms with van der Waals surface area (Å²) in [6, 6.07) is 10.3. The largest absolute Gasteiger partial charge is 0.511 e. The molecule has 2 aromatic rings. The summed E-state index contributed by atoms with van der Waals surface area (Å²) in [6.07, 6.45) is -3.16. The molecule has 0 saturated carbocycles. The van der Waals surface area contributed by atoms with Crippen molar-refractivity contribution in [3.8, 4) is 22.8 Å². The van der Waals surface area contributed by atoms with Crippen molar-refractivity contribution >= 4 is 12.3 Å². The molecule has 1 heterocycles. The van der Waals surface area contributed by atoms with Crippen LogP contribution in [0.25, 0.3) is 11.3 Å². The summed E-state index contributed by atoms with van der Waals surface area (Å²) >= 11 is 0. The van der Waals surface area contributed by atoms with E-state index in [1.54, 1.807) is 24.3 Å². The molecule has 0 unspecified atom stereocenters. The highest BCUT2D eigenvalue weighted by atomic mass is 16.7. The van der Waals surface area contributed by atoms with E-state index in [0.717, 1.165) is 5.56 Å². The molecule has 0 spiro atoms. The second-order valence-electron chi connectivity index (χ2n) is 4.02. The zero-order valence-corrected chi connectivity index (χ0v) is 10.9. The van der Waals surface area contributed by atoms with Crippen LogP contribution in [0.1, 0.15) is 5.69 Å². The average Bonchev–Trinajstić information content (AvgIpc) is 2.42. The molecule has 21 heavy (non-hydrogen) atoms. The molecular formula is C14H11NO6. The van der Waals surface area contributed by atoms with Crippen molar-refractivity contribution in [2.24, 2.45) is 0 Å². The summed E-state index contributed by atoms with van der Waals surface area (Å²) < 4.78 is 9.11. The van der Waals surface area contributed by atoms with E-state index < -0.39 is 12.3 Å². The molecule has 0 radical (unpaired) electrons. The predicted molar refractivity (Wildman–Crippen MR) is 71.7 cm³/mol. The fraction of sp³-hybridized carbons (Fsp3) is 0.0714. The van der Waals surface area contributed by atoms with Gasteiger partial charge in [-0.1, -0.05) is 30.3 Å². The second-order valence-corrected chi connectivity index (χ2v) is 4.02. The monoisotopic (exact) mass is 289 g/mol. The zero-order chi connectivity index (χ0) is 15.4. The third kappa shape index (κ3) is 3.47. The van der Waals surface area contributed by atoms with Gasteiger partial charge in [-0.3, -0.25) is 0 Å². The van der Waals surface area contributed by atoms with Crippen molar-refractivity contribution in [2.75, 3.05) is 0 Å². The lowest BCUT2D eigenvalue weighted by atomic mass is 10.1. The van der Waals surface area contributed by atoms with E-state index in [9.17, 15) is 9.59 Å². The first kappa shape index (κ1) is 14.3. The van der Waals surface area contributed by atoms with Gasteiger partial charge >= 0.3 is 12.3 Å². The number of pyridine rings is 1. The summed E-state index contributed by atoms with van der Waals surface area (Å²) in [7, 11) is 0. The number of carbonyl (C=O) groups is 2. The molecule has 0 aliphatic heterocycles. The van der Waals surface area contributed by atoms with E-state index in [2.05, 4.69) is 14.5 Å². The topological polar surface area (TPSA) is 106 Å². The SMILES string of the molecule is Cc1nc(-c2ccccc2)cc(OC(=O)O)c1OC(=O)O. The Labute approximate surface area is 119 Å². The zero-order valence-electron chi connectivity index (χ0n) is 10.9. The maximum atomic E-state index is 10.7. The van der Waals surface area contributed by atoms with Gasteiger partial charge in [0.25, 0.3) is 0 Å². The van der Waals surface area contributed by atoms with E-state index >= 15 is 0 Å². The summed E-state index contributed by atoms with van der Waals surface area (Å²) in [6.45, 7) is 1.50. The van der Waals surface area contributed by atoms with Gasteiger partial charge in [-0.25, -0.2) is 14.6 Å². The summed E-state index contributed by atoms with van der Waals surface area (Å²) in [5, 5.41) is 17.4. The van der Waals surface area contributed by atoms with Crippen LogP contribution >= 0.6 is 0 Å². The third-order valence-corrected chi connectivity index (χ3v) is 2.56. The van der Waals surface area contributed by atoms with Crippen LogP contribution in [-0.2, 0) is 0 Å².